The molecular formula is C16H25BrN3OS+. The van der Waals surface area contributed by atoms with Gasteiger partial charge in [0.2, 0.25) is 0 Å². The van der Waals surface area contributed by atoms with Crippen LogP contribution < -0.4 is 10.2 Å². The van der Waals surface area contributed by atoms with Gasteiger partial charge in [-0.3, -0.25) is 0 Å². The molecule has 0 bridgehead atoms. The molecule has 0 unspecified atom stereocenters. The van der Waals surface area contributed by atoms with Crippen molar-refractivity contribution in [1.29, 1.82) is 0 Å². The molecule has 0 amide bonds. The first-order valence-electron chi connectivity index (χ1n) is 7.80. The van der Waals surface area contributed by atoms with E-state index in [1.54, 1.807) is 4.90 Å². The molecule has 0 saturated carbocycles. The first-order chi connectivity index (χ1) is 10.6. The zero-order valence-corrected chi connectivity index (χ0v) is 15.5. The lowest BCUT2D eigenvalue weighted by Crippen LogP contribution is -3.14. The maximum absolute atomic E-state index is 5.45. The fourth-order valence-corrected chi connectivity index (χ4v) is 2.95. The molecule has 1 aliphatic heterocycles. The number of benzene rings is 1. The predicted molar refractivity (Wildman–Crippen MR) is 97.2 cm³/mol. The Labute approximate surface area is 146 Å². The molecule has 1 aromatic carbocycles. The molecule has 0 atom stereocenters. The van der Waals surface area contributed by atoms with E-state index in [0.717, 1.165) is 55.4 Å². The van der Waals surface area contributed by atoms with Crippen LogP contribution in [0.15, 0.2) is 28.7 Å². The zero-order valence-electron chi connectivity index (χ0n) is 13.1. The Morgan fingerprint density at radius 1 is 1.32 bits per heavy atom. The van der Waals surface area contributed by atoms with Gasteiger partial charge in [-0.25, -0.2) is 0 Å². The van der Waals surface area contributed by atoms with Gasteiger partial charge in [0.1, 0.15) is 13.1 Å². The lowest BCUT2D eigenvalue weighted by Gasteiger charge is -2.24. The number of nitrogens with one attached hydrogen (secondary N) is 2. The molecule has 6 heteroatoms. The van der Waals surface area contributed by atoms with E-state index >= 15 is 0 Å². The summed E-state index contributed by atoms with van der Waals surface area (Å²) in [4.78, 5) is 3.72. The van der Waals surface area contributed by atoms with Gasteiger partial charge in [0.25, 0.3) is 0 Å². The highest BCUT2D eigenvalue weighted by Gasteiger charge is 2.13. The number of morpholine rings is 1. The molecule has 2 N–H and O–H groups in total. The monoisotopic (exact) mass is 386 g/mol. The molecule has 1 aromatic rings. The van der Waals surface area contributed by atoms with E-state index < -0.39 is 0 Å². The minimum Gasteiger partial charge on any atom is -0.370 e. The summed E-state index contributed by atoms with van der Waals surface area (Å²) in [7, 11) is 2.03. The summed E-state index contributed by atoms with van der Waals surface area (Å²) in [5.41, 5.74) is 1.26. The van der Waals surface area contributed by atoms with E-state index in [4.69, 9.17) is 17.0 Å². The summed E-state index contributed by atoms with van der Waals surface area (Å²) in [6.07, 6.45) is 1.14. The third-order valence-corrected chi connectivity index (χ3v) is 4.85. The van der Waals surface area contributed by atoms with Crippen LogP contribution in [0, 0.1) is 0 Å². The average molecular weight is 387 g/mol. The second kappa shape index (κ2) is 9.45. The van der Waals surface area contributed by atoms with Gasteiger partial charge in [-0.2, -0.15) is 0 Å². The fourth-order valence-electron chi connectivity index (χ4n) is 2.51. The van der Waals surface area contributed by atoms with Gasteiger partial charge < -0.3 is 19.9 Å². The largest absolute Gasteiger partial charge is 0.370 e. The van der Waals surface area contributed by atoms with Crippen molar-refractivity contribution in [3.05, 3.63) is 34.3 Å². The molecule has 0 aromatic heterocycles. The standard InChI is InChI=1S/C16H24BrN3OS/c1-19(13-14-3-5-15(17)6-4-14)16(22)18-7-2-8-20-9-11-21-12-10-20/h3-6H,2,7-13H2,1H3,(H,18,22)/p+1. The van der Waals surface area contributed by atoms with E-state index in [-0.39, 0.29) is 0 Å². The van der Waals surface area contributed by atoms with Crippen LogP contribution in [-0.4, -0.2) is 56.5 Å². The topological polar surface area (TPSA) is 28.9 Å². The number of hydrogen-bond acceptors (Lipinski definition) is 2. The molecule has 0 spiro atoms. The zero-order chi connectivity index (χ0) is 15.8. The quantitative estimate of drug-likeness (QED) is 0.564. The maximum atomic E-state index is 5.45. The molecule has 2 rings (SSSR count). The number of halogens is 1. The maximum Gasteiger partial charge on any atom is 0.168 e. The minimum atomic E-state index is 0.819. The van der Waals surface area contributed by atoms with E-state index in [9.17, 15) is 0 Å². The van der Waals surface area contributed by atoms with Crippen molar-refractivity contribution in [2.75, 3.05) is 46.4 Å². The third kappa shape index (κ3) is 6.20. The highest BCUT2D eigenvalue weighted by Crippen LogP contribution is 2.11. The van der Waals surface area contributed by atoms with Gasteiger partial charge in [-0.05, 0) is 29.9 Å². The van der Waals surface area contributed by atoms with Crippen molar-refractivity contribution in [2.24, 2.45) is 0 Å². The Hall–Kier alpha value is -0.690. The Kier molecular flexibility index (Phi) is 7.59. The van der Waals surface area contributed by atoms with Crippen molar-refractivity contribution < 1.29 is 9.64 Å². The summed E-state index contributed by atoms with van der Waals surface area (Å²) in [5, 5.41) is 4.18. The van der Waals surface area contributed by atoms with Crippen LogP contribution >= 0.6 is 28.1 Å². The summed E-state index contributed by atoms with van der Waals surface area (Å²) < 4.78 is 6.47. The van der Waals surface area contributed by atoms with Gasteiger partial charge in [0, 0.05) is 31.0 Å². The fraction of sp³-hybridized carbons (Fsp3) is 0.562. The Bertz CT molecular complexity index is 463. The van der Waals surface area contributed by atoms with E-state index in [2.05, 4.69) is 50.4 Å². The van der Waals surface area contributed by atoms with Crippen LogP contribution in [-0.2, 0) is 11.3 Å². The van der Waals surface area contributed by atoms with E-state index in [1.807, 2.05) is 7.05 Å². The van der Waals surface area contributed by atoms with Crippen molar-refractivity contribution >= 4 is 33.3 Å². The van der Waals surface area contributed by atoms with Crippen LogP contribution in [0.3, 0.4) is 0 Å². The van der Waals surface area contributed by atoms with Crippen LogP contribution in [0.1, 0.15) is 12.0 Å². The molecule has 0 aliphatic carbocycles. The van der Waals surface area contributed by atoms with Gasteiger partial charge in [-0.1, -0.05) is 28.1 Å². The molecule has 22 heavy (non-hydrogen) atoms. The van der Waals surface area contributed by atoms with Crippen LogP contribution in [0.5, 0.6) is 0 Å². The number of ether oxygens (including phenoxy) is 1. The highest BCUT2D eigenvalue weighted by atomic mass is 79.9. The van der Waals surface area contributed by atoms with E-state index in [1.165, 1.54) is 12.1 Å². The second-order valence-electron chi connectivity index (χ2n) is 5.68. The summed E-state index contributed by atoms with van der Waals surface area (Å²) >= 11 is 8.90. The lowest BCUT2D eigenvalue weighted by molar-refractivity contribution is -0.908. The smallest absolute Gasteiger partial charge is 0.168 e. The SMILES string of the molecule is CN(Cc1ccc(Br)cc1)C(=S)NCCC[NH+]1CCOCC1. The van der Waals surface area contributed by atoms with E-state index in [0.29, 0.717) is 0 Å². The Morgan fingerprint density at radius 2 is 2.00 bits per heavy atom. The van der Waals surface area contributed by atoms with Crippen LogP contribution in [0.4, 0.5) is 0 Å². The number of thiocarbonyl (C=S) groups is 1. The molecule has 0 radical (unpaired) electrons. The minimum absolute atomic E-state index is 0.819. The first-order valence-corrected chi connectivity index (χ1v) is 9.00. The predicted octanol–water partition coefficient (Wildman–Crippen LogP) is 1.06. The summed E-state index contributed by atoms with van der Waals surface area (Å²) in [5.74, 6) is 0. The van der Waals surface area contributed by atoms with Gasteiger partial charge in [-0.15, -0.1) is 0 Å². The van der Waals surface area contributed by atoms with Crippen LogP contribution in [0.25, 0.3) is 0 Å². The number of rotatable bonds is 6. The van der Waals surface area contributed by atoms with Crippen molar-refractivity contribution in [3.63, 3.8) is 0 Å². The van der Waals surface area contributed by atoms with Crippen molar-refractivity contribution in [2.45, 2.75) is 13.0 Å². The number of hydrogen-bond donors (Lipinski definition) is 2. The first kappa shape index (κ1) is 17.7. The molecule has 1 heterocycles. The van der Waals surface area contributed by atoms with Gasteiger partial charge >= 0.3 is 0 Å². The molecule has 1 saturated heterocycles. The Morgan fingerprint density at radius 3 is 2.68 bits per heavy atom. The lowest BCUT2D eigenvalue weighted by atomic mass is 10.2. The van der Waals surface area contributed by atoms with Crippen molar-refractivity contribution in [1.82, 2.24) is 10.2 Å². The average Bonchev–Trinajstić information content (AvgIpc) is 2.54. The van der Waals surface area contributed by atoms with Gasteiger partial charge in [0.05, 0.1) is 19.8 Å². The van der Waals surface area contributed by atoms with Gasteiger partial charge in [0.15, 0.2) is 5.11 Å². The van der Waals surface area contributed by atoms with Crippen LogP contribution in [0.2, 0.25) is 0 Å². The molecular weight excluding hydrogens is 362 g/mol. The molecule has 1 fully saturated rings. The molecule has 1 aliphatic rings. The molecule has 4 nitrogen and oxygen atoms in total. The summed E-state index contributed by atoms with van der Waals surface area (Å²) in [6, 6.07) is 8.35. The normalized spacial score (nSPS) is 15.5. The second-order valence-corrected chi connectivity index (χ2v) is 6.98. The third-order valence-electron chi connectivity index (χ3n) is 3.86. The number of nitrogens with zero attached hydrogens (tertiary/aromatic N) is 1. The summed E-state index contributed by atoms with van der Waals surface area (Å²) in [6.45, 7) is 7.02. The van der Waals surface area contributed by atoms with Crippen molar-refractivity contribution in [3.8, 4) is 0 Å². The Balaban J connectivity index is 1.62. The highest BCUT2D eigenvalue weighted by molar-refractivity contribution is 9.10. The molecule has 122 valence electrons. The number of quaternary nitrogens is 1.